The summed E-state index contributed by atoms with van der Waals surface area (Å²) < 4.78 is 23.5. The van der Waals surface area contributed by atoms with Crippen molar-refractivity contribution in [2.75, 3.05) is 6.54 Å². The van der Waals surface area contributed by atoms with Crippen molar-refractivity contribution in [2.45, 2.75) is 12.8 Å². The molecule has 4 rings (SSSR count). The fraction of sp³-hybridized carbons (Fsp3) is 0.158. The molecule has 0 aliphatic heterocycles. The third-order valence-corrected chi connectivity index (χ3v) is 5.78. The first kappa shape index (κ1) is 19.3. The van der Waals surface area contributed by atoms with Crippen molar-refractivity contribution in [3.63, 3.8) is 0 Å². The summed E-state index contributed by atoms with van der Waals surface area (Å²) in [6, 6.07) is 9.69. The number of H-pyrrole nitrogens is 1. The minimum atomic E-state index is -2.25. The van der Waals surface area contributed by atoms with Gasteiger partial charge >= 0.3 is 0 Å². The Morgan fingerprint density at radius 1 is 1.14 bits per heavy atom. The summed E-state index contributed by atoms with van der Waals surface area (Å²) >= 11 is 10.9. The first-order valence-corrected chi connectivity index (χ1v) is 10.4. The molecule has 6 nitrogen and oxygen atoms in total. The average Bonchev–Trinajstić information content (AvgIpc) is 3.15. The molecule has 0 amide bonds. The van der Waals surface area contributed by atoms with E-state index in [0.29, 0.717) is 29.4 Å². The number of hydrogen-bond acceptors (Lipinski definition) is 4. The van der Waals surface area contributed by atoms with Gasteiger partial charge < -0.3 is 4.55 Å². The fourth-order valence-electron chi connectivity index (χ4n) is 3.27. The lowest BCUT2D eigenvalue weighted by Gasteiger charge is -2.13. The van der Waals surface area contributed by atoms with Gasteiger partial charge in [0, 0.05) is 45.4 Å². The summed E-state index contributed by atoms with van der Waals surface area (Å²) in [6.45, 7) is 0.354. The molecule has 0 aliphatic carbocycles. The van der Waals surface area contributed by atoms with Crippen LogP contribution >= 0.6 is 23.2 Å². The predicted molar refractivity (Wildman–Crippen MR) is 112 cm³/mol. The number of nitrogens with zero attached hydrogens (tertiary/aromatic N) is 2. The van der Waals surface area contributed by atoms with Crippen LogP contribution < -0.4 is 4.72 Å². The molecule has 4 aromatic rings. The number of fused-ring (bicyclic) bond motifs is 3. The van der Waals surface area contributed by atoms with E-state index in [1.807, 2.05) is 30.3 Å². The molecule has 0 bridgehead atoms. The van der Waals surface area contributed by atoms with Crippen molar-refractivity contribution in [3.8, 4) is 11.1 Å². The van der Waals surface area contributed by atoms with Crippen LogP contribution in [0.3, 0.4) is 0 Å². The molecule has 0 radical (unpaired) electrons. The Hall–Kier alpha value is -2.03. The number of aromatic nitrogens is 3. The Morgan fingerprint density at radius 3 is 2.82 bits per heavy atom. The van der Waals surface area contributed by atoms with Crippen molar-refractivity contribution in [1.29, 1.82) is 0 Å². The van der Waals surface area contributed by atoms with Gasteiger partial charge in [-0.3, -0.25) is 9.31 Å². The number of halogens is 2. The summed E-state index contributed by atoms with van der Waals surface area (Å²) in [7, 11) is 0. The summed E-state index contributed by atoms with van der Waals surface area (Å²) in [6.07, 6.45) is 4.82. The van der Waals surface area contributed by atoms with E-state index in [0.717, 1.165) is 38.5 Å². The van der Waals surface area contributed by atoms with Crippen LogP contribution in [0.25, 0.3) is 32.9 Å². The Morgan fingerprint density at radius 2 is 2.00 bits per heavy atom. The van der Waals surface area contributed by atoms with Gasteiger partial charge in [-0.2, -0.15) is 5.10 Å². The normalized spacial score (nSPS) is 12.7. The van der Waals surface area contributed by atoms with Crippen LogP contribution in [-0.4, -0.2) is 30.5 Å². The highest BCUT2D eigenvalue weighted by molar-refractivity contribution is 7.77. The standard InChI is InChI=1S/C19H16Cl2N4O2S/c20-16-6-4-11(2-1-7-24-28(26)27)18(21)17(16)12-3-5-14-13(8-12)9-22-19-15(14)10-23-25-19/h3-6,8-10,24H,1-2,7H2,(H,26,27)(H,22,23,25)/p-1. The molecule has 0 fully saturated rings. The van der Waals surface area contributed by atoms with Gasteiger partial charge in [0.05, 0.1) is 11.2 Å². The minimum absolute atomic E-state index is 0.354. The van der Waals surface area contributed by atoms with E-state index in [4.69, 9.17) is 23.2 Å². The van der Waals surface area contributed by atoms with Gasteiger partial charge in [0.25, 0.3) is 0 Å². The van der Waals surface area contributed by atoms with E-state index in [2.05, 4.69) is 19.9 Å². The minimum Gasteiger partial charge on any atom is -0.760 e. The van der Waals surface area contributed by atoms with Crippen molar-refractivity contribution in [1.82, 2.24) is 19.9 Å². The molecule has 0 saturated heterocycles. The number of rotatable bonds is 6. The number of pyridine rings is 1. The smallest absolute Gasteiger partial charge is 0.155 e. The molecule has 144 valence electrons. The summed E-state index contributed by atoms with van der Waals surface area (Å²) in [5, 5.41) is 11.0. The van der Waals surface area contributed by atoms with E-state index in [1.165, 1.54) is 0 Å². The van der Waals surface area contributed by atoms with E-state index < -0.39 is 11.3 Å². The molecule has 0 spiro atoms. The second-order valence-electron chi connectivity index (χ2n) is 6.32. The van der Waals surface area contributed by atoms with Crippen LogP contribution in [0.5, 0.6) is 0 Å². The number of hydrogen-bond donors (Lipinski definition) is 2. The highest BCUT2D eigenvalue weighted by Crippen LogP contribution is 2.39. The van der Waals surface area contributed by atoms with Crippen LogP contribution in [0.2, 0.25) is 10.0 Å². The Labute approximate surface area is 173 Å². The van der Waals surface area contributed by atoms with E-state index in [1.54, 1.807) is 12.4 Å². The molecule has 1 atom stereocenters. The Balaban J connectivity index is 1.70. The molecule has 2 aromatic heterocycles. The van der Waals surface area contributed by atoms with Gasteiger partial charge in [-0.15, -0.1) is 0 Å². The first-order valence-electron chi connectivity index (χ1n) is 8.56. The first-order chi connectivity index (χ1) is 13.5. The third kappa shape index (κ3) is 3.76. The summed E-state index contributed by atoms with van der Waals surface area (Å²) in [5.41, 5.74) is 3.32. The van der Waals surface area contributed by atoms with Gasteiger partial charge in [0.2, 0.25) is 0 Å². The van der Waals surface area contributed by atoms with Crippen molar-refractivity contribution in [3.05, 3.63) is 58.3 Å². The van der Waals surface area contributed by atoms with Crippen molar-refractivity contribution < 1.29 is 8.76 Å². The second-order valence-corrected chi connectivity index (χ2v) is 7.86. The van der Waals surface area contributed by atoms with Gasteiger partial charge in [0.15, 0.2) is 5.65 Å². The summed E-state index contributed by atoms with van der Waals surface area (Å²) in [5.74, 6) is 0. The molecule has 2 N–H and O–H groups in total. The lowest BCUT2D eigenvalue weighted by molar-refractivity contribution is 0.521. The van der Waals surface area contributed by atoms with E-state index >= 15 is 0 Å². The number of nitrogens with one attached hydrogen (secondary N) is 2. The highest BCUT2D eigenvalue weighted by atomic mass is 35.5. The van der Waals surface area contributed by atoms with Crippen LogP contribution in [0.1, 0.15) is 12.0 Å². The molecule has 1 unspecified atom stereocenters. The Kier molecular flexibility index (Phi) is 5.61. The maximum absolute atomic E-state index is 10.6. The zero-order valence-corrected chi connectivity index (χ0v) is 16.9. The molecule has 2 heterocycles. The zero-order chi connectivity index (χ0) is 19.7. The zero-order valence-electron chi connectivity index (χ0n) is 14.5. The molecule has 0 saturated carbocycles. The SMILES string of the molecule is O=S([O-])NCCCc1ccc(Cl)c(-c2ccc3c(cnc4[nH]ncc43)c2)c1Cl. The van der Waals surface area contributed by atoms with Gasteiger partial charge in [0.1, 0.15) is 0 Å². The molecular formula is C19H15Cl2N4O2S-. The van der Waals surface area contributed by atoms with Crippen molar-refractivity contribution >= 4 is 56.3 Å². The van der Waals surface area contributed by atoms with Gasteiger partial charge in [-0.1, -0.05) is 41.4 Å². The van der Waals surface area contributed by atoms with Crippen molar-refractivity contribution in [2.24, 2.45) is 0 Å². The van der Waals surface area contributed by atoms with E-state index in [-0.39, 0.29) is 0 Å². The maximum atomic E-state index is 10.6. The van der Waals surface area contributed by atoms with Crippen LogP contribution in [0.4, 0.5) is 0 Å². The molecular weight excluding hydrogens is 419 g/mol. The van der Waals surface area contributed by atoms with Gasteiger partial charge in [-0.25, -0.2) is 9.71 Å². The van der Waals surface area contributed by atoms with Gasteiger partial charge in [-0.05, 0) is 41.5 Å². The lowest BCUT2D eigenvalue weighted by atomic mass is 9.98. The quantitative estimate of drug-likeness (QED) is 0.348. The summed E-state index contributed by atoms with van der Waals surface area (Å²) in [4.78, 5) is 4.39. The largest absolute Gasteiger partial charge is 0.760 e. The second kappa shape index (κ2) is 8.14. The monoisotopic (exact) mass is 433 g/mol. The van der Waals surface area contributed by atoms with Crippen LogP contribution in [0.15, 0.2) is 42.7 Å². The third-order valence-electron chi connectivity index (χ3n) is 4.60. The number of aryl methyl sites for hydroxylation is 1. The van der Waals surface area contributed by atoms with Crippen LogP contribution in [0, 0.1) is 0 Å². The predicted octanol–water partition coefficient (Wildman–Crippen LogP) is 4.40. The molecule has 28 heavy (non-hydrogen) atoms. The Bertz CT molecular complexity index is 1200. The van der Waals surface area contributed by atoms with Crippen LogP contribution in [-0.2, 0) is 17.7 Å². The molecule has 2 aromatic carbocycles. The van der Waals surface area contributed by atoms with E-state index in [9.17, 15) is 8.76 Å². The highest BCUT2D eigenvalue weighted by Gasteiger charge is 2.14. The average molecular weight is 434 g/mol. The topological polar surface area (TPSA) is 93.7 Å². The fourth-order valence-corrected chi connectivity index (χ4v) is 4.26. The number of benzene rings is 2. The number of aromatic amines is 1. The molecule has 0 aliphatic rings. The molecule has 9 heteroatoms. The maximum Gasteiger partial charge on any atom is 0.155 e. The lowest BCUT2D eigenvalue weighted by Crippen LogP contribution is -2.18.